The molecule has 21 heavy (non-hydrogen) atoms. The van der Waals surface area contributed by atoms with Crippen LogP contribution >= 0.6 is 0 Å². The van der Waals surface area contributed by atoms with E-state index in [1.54, 1.807) is 0 Å². The smallest absolute Gasteiger partial charge is 0.137 e. The Kier molecular flexibility index (Phi) is 4.79. The summed E-state index contributed by atoms with van der Waals surface area (Å²) in [7, 11) is 0. The standard InChI is InChI=1S/C18H28N2O/c1-13(2)9-19-10-17-5-6-18(11-20-17)21-12-16-8-14-3-4-15(16)7-14/h5-6,11,13-16,19H,3-4,7-10,12H2,1-2H3. The van der Waals surface area contributed by atoms with Gasteiger partial charge in [0.05, 0.1) is 18.5 Å². The summed E-state index contributed by atoms with van der Waals surface area (Å²) in [4.78, 5) is 4.48. The number of fused-ring (bicyclic) bond motifs is 2. The Balaban J connectivity index is 1.42. The summed E-state index contributed by atoms with van der Waals surface area (Å²) >= 11 is 0. The Morgan fingerprint density at radius 1 is 1.29 bits per heavy atom. The number of hydrogen-bond donors (Lipinski definition) is 1. The van der Waals surface area contributed by atoms with Gasteiger partial charge in [0.1, 0.15) is 5.75 Å². The van der Waals surface area contributed by atoms with Gasteiger partial charge in [-0.05, 0) is 61.6 Å². The average Bonchev–Trinajstić information content (AvgIpc) is 3.08. The van der Waals surface area contributed by atoms with Crippen LogP contribution in [0, 0.1) is 23.7 Å². The molecule has 0 saturated heterocycles. The van der Waals surface area contributed by atoms with Gasteiger partial charge in [0.25, 0.3) is 0 Å². The molecule has 3 rings (SSSR count). The number of nitrogens with zero attached hydrogens (tertiary/aromatic N) is 1. The molecule has 0 amide bonds. The summed E-state index contributed by atoms with van der Waals surface area (Å²) < 4.78 is 5.96. The zero-order chi connectivity index (χ0) is 14.7. The number of aromatic nitrogens is 1. The maximum absolute atomic E-state index is 5.96. The van der Waals surface area contributed by atoms with Crippen LogP contribution in [0.1, 0.15) is 45.2 Å². The van der Waals surface area contributed by atoms with Gasteiger partial charge in [-0.25, -0.2) is 0 Å². The molecule has 0 radical (unpaired) electrons. The van der Waals surface area contributed by atoms with E-state index in [0.717, 1.165) is 48.9 Å². The quantitative estimate of drug-likeness (QED) is 0.831. The molecule has 0 spiro atoms. The van der Waals surface area contributed by atoms with Crippen LogP contribution in [0.2, 0.25) is 0 Å². The minimum absolute atomic E-state index is 0.675. The normalized spacial score (nSPS) is 27.5. The zero-order valence-corrected chi connectivity index (χ0v) is 13.3. The lowest BCUT2D eigenvalue weighted by Crippen LogP contribution is -2.20. The average molecular weight is 288 g/mol. The van der Waals surface area contributed by atoms with E-state index in [4.69, 9.17) is 4.74 Å². The van der Waals surface area contributed by atoms with Crippen LogP contribution in [0.3, 0.4) is 0 Å². The molecule has 0 aromatic carbocycles. The van der Waals surface area contributed by atoms with E-state index in [9.17, 15) is 0 Å². The lowest BCUT2D eigenvalue weighted by atomic mass is 9.90. The largest absolute Gasteiger partial charge is 0.492 e. The highest BCUT2D eigenvalue weighted by molar-refractivity contribution is 5.19. The van der Waals surface area contributed by atoms with Crippen LogP contribution in [0.5, 0.6) is 5.75 Å². The predicted octanol–water partition coefficient (Wildman–Crippen LogP) is 3.64. The molecule has 2 saturated carbocycles. The van der Waals surface area contributed by atoms with E-state index in [0.29, 0.717) is 5.92 Å². The van der Waals surface area contributed by atoms with Crippen LogP contribution in [0.15, 0.2) is 18.3 Å². The molecule has 1 N–H and O–H groups in total. The van der Waals surface area contributed by atoms with E-state index in [-0.39, 0.29) is 0 Å². The fourth-order valence-corrected chi connectivity index (χ4v) is 3.87. The third kappa shape index (κ3) is 3.97. The van der Waals surface area contributed by atoms with Crippen molar-refractivity contribution in [3.05, 3.63) is 24.0 Å². The molecule has 3 heteroatoms. The highest BCUT2D eigenvalue weighted by Crippen LogP contribution is 2.48. The summed E-state index contributed by atoms with van der Waals surface area (Å²) in [5.74, 6) is 4.31. The SMILES string of the molecule is CC(C)CNCc1ccc(OCC2CC3CCC2C3)cn1. The van der Waals surface area contributed by atoms with Crippen molar-refractivity contribution in [3.63, 3.8) is 0 Å². The van der Waals surface area contributed by atoms with Gasteiger partial charge in [-0.15, -0.1) is 0 Å². The molecule has 3 unspecified atom stereocenters. The van der Waals surface area contributed by atoms with Gasteiger partial charge >= 0.3 is 0 Å². The molecule has 2 fully saturated rings. The summed E-state index contributed by atoms with van der Waals surface area (Å²) in [5, 5.41) is 3.41. The van der Waals surface area contributed by atoms with Crippen LogP contribution in [-0.2, 0) is 6.54 Å². The molecule has 3 nitrogen and oxygen atoms in total. The van der Waals surface area contributed by atoms with Crippen molar-refractivity contribution in [1.29, 1.82) is 0 Å². The van der Waals surface area contributed by atoms with Crippen molar-refractivity contribution in [2.75, 3.05) is 13.2 Å². The molecule has 0 aliphatic heterocycles. The van der Waals surface area contributed by atoms with Gasteiger partial charge < -0.3 is 10.1 Å². The second kappa shape index (κ2) is 6.78. The predicted molar refractivity (Wildman–Crippen MR) is 85.2 cm³/mol. The topological polar surface area (TPSA) is 34.1 Å². The second-order valence-corrected chi connectivity index (χ2v) is 7.26. The number of hydrogen-bond acceptors (Lipinski definition) is 3. The maximum atomic E-state index is 5.96. The molecular formula is C18H28N2O. The van der Waals surface area contributed by atoms with Crippen molar-refractivity contribution in [1.82, 2.24) is 10.3 Å². The van der Waals surface area contributed by atoms with Crippen molar-refractivity contribution >= 4 is 0 Å². The van der Waals surface area contributed by atoms with Gasteiger partial charge in [0, 0.05) is 6.54 Å². The number of rotatable bonds is 7. The monoisotopic (exact) mass is 288 g/mol. The fraction of sp³-hybridized carbons (Fsp3) is 0.722. The lowest BCUT2D eigenvalue weighted by molar-refractivity contribution is 0.194. The van der Waals surface area contributed by atoms with Gasteiger partial charge in [-0.3, -0.25) is 4.98 Å². The fourth-order valence-electron chi connectivity index (χ4n) is 3.87. The number of ether oxygens (including phenoxy) is 1. The Morgan fingerprint density at radius 2 is 2.19 bits per heavy atom. The summed E-state index contributed by atoms with van der Waals surface area (Å²) in [6.45, 7) is 7.18. The van der Waals surface area contributed by atoms with Crippen LogP contribution < -0.4 is 10.1 Å². The Bertz CT molecular complexity index is 443. The molecule has 2 aliphatic carbocycles. The van der Waals surface area contributed by atoms with Crippen LogP contribution in [0.4, 0.5) is 0 Å². The maximum Gasteiger partial charge on any atom is 0.137 e. The number of nitrogens with one attached hydrogen (secondary N) is 1. The lowest BCUT2D eigenvalue weighted by Gasteiger charge is -2.21. The minimum Gasteiger partial charge on any atom is -0.492 e. The first-order chi connectivity index (χ1) is 10.2. The van der Waals surface area contributed by atoms with Gasteiger partial charge in [0.2, 0.25) is 0 Å². The number of pyridine rings is 1. The first kappa shape index (κ1) is 14.8. The highest BCUT2D eigenvalue weighted by Gasteiger charge is 2.39. The summed E-state index contributed by atoms with van der Waals surface area (Å²) in [6, 6.07) is 4.13. The molecule has 1 aromatic rings. The molecule has 116 valence electrons. The van der Waals surface area contributed by atoms with E-state index in [1.165, 1.54) is 25.7 Å². The van der Waals surface area contributed by atoms with Gasteiger partial charge in [0.15, 0.2) is 0 Å². The van der Waals surface area contributed by atoms with Crippen molar-refractivity contribution in [2.24, 2.45) is 23.7 Å². The van der Waals surface area contributed by atoms with Crippen molar-refractivity contribution < 1.29 is 4.74 Å². The van der Waals surface area contributed by atoms with Crippen LogP contribution in [-0.4, -0.2) is 18.1 Å². The van der Waals surface area contributed by atoms with E-state index in [1.807, 2.05) is 6.20 Å². The summed E-state index contributed by atoms with van der Waals surface area (Å²) in [6.07, 6.45) is 7.60. The third-order valence-corrected chi connectivity index (χ3v) is 5.00. The molecule has 3 atom stereocenters. The first-order valence-electron chi connectivity index (χ1n) is 8.49. The van der Waals surface area contributed by atoms with Crippen molar-refractivity contribution in [2.45, 2.75) is 46.1 Å². The molecule has 2 aliphatic rings. The zero-order valence-electron chi connectivity index (χ0n) is 13.3. The van der Waals surface area contributed by atoms with E-state index < -0.39 is 0 Å². The van der Waals surface area contributed by atoms with Crippen LogP contribution in [0.25, 0.3) is 0 Å². The minimum atomic E-state index is 0.675. The Morgan fingerprint density at radius 3 is 2.81 bits per heavy atom. The first-order valence-corrected chi connectivity index (χ1v) is 8.49. The molecule has 1 aromatic heterocycles. The van der Waals surface area contributed by atoms with Gasteiger partial charge in [-0.2, -0.15) is 0 Å². The van der Waals surface area contributed by atoms with E-state index >= 15 is 0 Å². The second-order valence-electron chi connectivity index (χ2n) is 7.26. The molecule has 2 bridgehead atoms. The highest BCUT2D eigenvalue weighted by atomic mass is 16.5. The van der Waals surface area contributed by atoms with E-state index in [2.05, 4.69) is 36.3 Å². The summed E-state index contributed by atoms with van der Waals surface area (Å²) in [5.41, 5.74) is 1.09. The Labute approximate surface area is 128 Å². The Hall–Kier alpha value is -1.09. The molecular weight excluding hydrogens is 260 g/mol. The van der Waals surface area contributed by atoms with Gasteiger partial charge in [-0.1, -0.05) is 20.3 Å². The van der Waals surface area contributed by atoms with Crippen molar-refractivity contribution in [3.8, 4) is 5.75 Å². The third-order valence-electron chi connectivity index (χ3n) is 5.00. The molecule has 1 heterocycles.